The number of hydrogen-bond donors (Lipinski definition) is 2. The Labute approximate surface area is 151 Å². The molecule has 0 amide bonds. The van der Waals surface area contributed by atoms with Gasteiger partial charge in [0.1, 0.15) is 5.82 Å². The lowest BCUT2D eigenvalue weighted by Crippen LogP contribution is -2.22. The third-order valence-electron chi connectivity index (χ3n) is 3.35. The lowest BCUT2D eigenvalue weighted by molar-refractivity contribution is -0.141. The summed E-state index contributed by atoms with van der Waals surface area (Å²) in [5, 5.41) is 4.94. The van der Waals surface area contributed by atoms with Crippen LogP contribution in [0.3, 0.4) is 0 Å². The van der Waals surface area contributed by atoms with Crippen LogP contribution in [0.2, 0.25) is 0 Å². The van der Waals surface area contributed by atoms with Crippen molar-refractivity contribution in [1.82, 2.24) is 14.9 Å². The molecule has 0 bridgehead atoms. The number of para-hydroxylation sites is 1. The summed E-state index contributed by atoms with van der Waals surface area (Å²) in [4.78, 5) is 9.02. The minimum absolute atomic E-state index is 0.257. The van der Waals surface area contributed by atoms with Crippen molar-refractivity contribution in [2.45, 2.75) is 12.4 Å². The van der Waals surface area contributed by atoms with E-state index < -0.39 is 35.1 Å². The number of rotatable bonds is 6. The van der Waals surface area contributed by atoms with Gasteiger partial charge in [-0.25, -0.2) is 4.98 Å². The summed E-state index contributed by atoms with van der Waals surface area (Å²) >= 11 is 0. The highest BCUT2D eigenvalue weighted by atomic mass is 19.4. The van der Waals surface area contributed by atoms with E-state index in [4.69, 9.17) is 0 Å². The molecule has 0 radical (unpaired) electrons. The summed E-state index contributed by atoms with van der Waals surface area (Å²) in [7, 11) is 3.55. The monoisotopic (exact) mass is 393 g/mol. The van der Waals surface area contributed by atoms with E-state index in [9.17, 15) is 26.3 Å². The number of anilines is 3. The van der Waals surface area contributed by atoms with E-state index >= 15 is 0 Å². The maximum absolute atomic E-state index is 13.1. The van der Waals surface area contributed by atoms with Gasteiger partial charge in [-0.05, 0) is 26.2 Å². The van der Waals surface area contributed by atoms with Gasteiger partial charge in [0.25, 0.3) is 0 Å². The highest BCUT2D eigenvalue weighted by Gasteiger charge is 2.35. The van der Waals surface area contributed by atoms with E-state index in [1.807, 2.05) is 0 Å². The first kappa shape index (κ1) is 20.7. The number of alkyl halides is 6. The fraction of sp³-hybridized carbons (Fsp3) is 0.375. The summed E-state index contributed by atoms with van der Waals surface area (Å²) in [6.07, 6.45) is -9.45. The first-order valence-electron chi connectivity index (χ1n) is 7.75. The Morgan fingerprint density at radius 3 is 2.22 bits per heavy atom. The Bertz CT molecular complexity index is 773. The van der Waals surface area contributed by atoms with Gasteiger partial charge >= 0.3 is 12.4 Å². The molecule has 0 saturated carbocycles. The number of benzene rings is 1. The smallest absolute Gasteiger partial charge is 0.353 e. The molecule has 27 heavy (non-hydrogen) atoms. The average molecular weight is 393 g/mol. The van der Waals surface area contributed by atoms with E-state index in [0.29, 0.717) is 12.6 Å². The largest absolute Gasteiger partial charge is 0.433 e. The van der Waals surface area contributed by atoms with Crippen molar-refractivity contribution in [2.24, 2.45) is 0 Å². The fourth-order valence-corrected chi connectivity index (χ4v) is 2.10. The molecule has 0 aliphatic carbocycles. The number of hydrogen-bond acceptors (Lipinski definition) is 5. The standard InChI is InChI=1S/C16H17F6N5/c1-27(2)8-7-23-14-25-12(16(20,21)22)9-13(26-14)24-11-6-4-3-5-10(11)15(17,18)19/h3-6,9H,7-8H2,1-2H3,(H2,23,24,25,26). The van der Waals surface area contributed by atoms with Crippen molar-refractivity contribution in [3.63, 3.8) is 0 Å². The fourth-order valence-electron chi connectivity index (χ4n) is 2.10. The second-order valence-electron chi connectivity index (χ2n) is 5.86. The third kappa shape index (κ3) is 5.98. The van der Waals surface area contributed by atoms with Gasteiger partial charge in [0, 0.05) is 19.2 Å². The molecule has 1 aromatic heterocycles. The van der Waals surface area contributed by atoms with Crippen LogP contribution in [0.15, 0.2) is 30.3 Å². The molecule has 11 heteroatoms. The van der Waals surface area contributed by atoms with Crippen molar-refractivity contribution >= 4 is 17.5 Å². The second kappa shape index (κ2) is 7.99. The lowest BCUT2D eigenvalue weighted by Gasteiger charge is -2.16. The van der Waals surface area contributed by atoms with Crippen LogP contribution in [0.25, 0.3) is 0 Å². The Kier molecular flexibility index (Phi) is 6.14. The minimum atomic E-state index is -4.78. The molecule has 5 nitrogen and oxygen atoms in total. The molecular formula is C16H17F6N5. The predicted octanol–water partition coefficient (Wildman–Crippen LogP) is 4.23. The van der Waals surface area contributed by atoms with Crippen LogP contribution in [0.4, 0.5) is 43.8 Å². The zero-order valence-corrected chi connectivity index (χ0v) is 14.4. The van der Waals surface area contributed by atoms with Crippen LogP contribution in [0.1, 0.15) is 11.3 Å². The maximum Gasteiger partial charge on any atom is 0.433 e. The quantitative estimate of drug-likeness (QED) is 0.720. The van der Waals surface area contributed by atoms with Gasteiger partial charge < -0.3 is 15.5 Å². The number of halogens is 6. The molecule has 0 saturated heterocycles. The predicted molar refractivity (Wildman–Crippen MR) is 88.8 cm³/mol. The van der Waals surface area contributed by atoms with Crippen LogP contribution < -0.4 is 10.6 Å². The van der Waals surface area contributed by atoms with Gasteiger partial charge in [-0.3, -0.25) is 0 Å². The Hall–Kier alpha value is -2.56. The van der Waals surface area contributed by atoms with Gasteiger partial charge in [-0.15, -0.1) is 0 Å². The third-order valence-corrected chi connectivity index (χ3v) is 3.35. The van der Waals surface area contributed by atoms with E-state index in [1.165, 1.54) is 12.1 Å². The number of likely N-dealkylation sites (N-methyl/N-ethyl adjacent to an activating group) is 1. The summed E-state index contributed by atoms with van der Waals surface area (Å²) in [6, 6.07) is 5.01. The highest BCUT2D eigenvalue weighted by molar-refractivity contribution is 5.62. The van der Waals surface area contributed by atoms with Crippen LogP contribution in [0, 0.1) is 0 Å². The molecule has 2 aromatic rings. The molecule has 148 valence electrons. The van der Waals surface area contributed by atoms with E-state index in [-0.39, 0.29) is 12.5 Å². The summed E-state index contributed by atoms with van der Waals surface area (Å²) in [5.74, 6) is -0.736. The van der Waals surface area contributed by atoms with Crippen LogP contribution in [0.5, 0.6) is 0 Å². The normalized spacial score (nSPS) is 12.3. The molecule has 0 aliphatic rings. The topological polar surface area (TPSA) is 53.1 Å². The van der Waals surface area contributed by atoms with Gasteiger partial charge in [0.2, 0.25) is 5.95 Å². The van der Waals surface area contributed by atoms with E-state index in [2.05, 4.69) is 20.6 Å². The first-order chi connectivity index (χ1) is 12.5. The summed E-state index contributed by atoms with van der Waals surface area (Å²) < 4.78 is 78.4. The van der Waals surface area contributed by atoms with Crippen molar-refractivity contribution in [3.8, 4) is 0 Å². The van der Waals surface area contributed by atoms with Crippen molar-refractivity contribution in [3.05, 3.63) is 41.6 Å². The van der Waals surface area contributed by atoms with Gasteiger partial charge in [-0.1, -0.05) is 12.1 Å². The van der Waals surface area contributed by atoms with Crippen molar-refractivity contribution in [1.29, 1.82) is 0 Å². The minimum Gasteiger partial charge on any atom is -0.353 e. The zero-order chi connectivity index (χ0) is 20.2. The molecule has 0 fully saturated rings. The molecule has 0 unspecified atom stereocenters. The average Bonchev–Trinajstić information content (AvgIpc) is 2.53. The van der Waals surface area contributed by atoms with Crippen LogP contribution in [-0.2, 0) is 12.4 Å². The second-order valence-corrected chi connectivity index (χ2v) is 5.86. The Morgan fingerprint density at radius 1 is 0.963 bits per heavy atom. The molecule has 1 heterocycles. The Balaban J connectivity index is 2.36. The van der Waals surface area contributed by atoms with Gasteiger partial charge in [0.05, 0.1) is 11.3 Å². The van der Waals surface area contributed by atoms with Gasteiger partial charge in [-0.2, -0.15) is 31.3 Å². The SMILES string of the molecule is CN(C)CCNc1nc(Nc2ccccc2C(F)(F)F)cc(C(F)(F)F)n1. The van der Waals surface area contributed by atoms with Crippen LogP contribution in [-0.4, -0.2) is 42.1 Å². The van der Waals surface area contributed by atoms with E-state index in [1.54, 1.807) is 19.0 Å². The summed E-state index contributed by atoms with van der Waals surface area (Å²) in [6.45, 7) is 0.756. The molecular weight excluding hydrogens is 376 g/mol. The maximum atomic E-state index is 13.1. The summed E-state index contributed by atoms with van der Waals surface area (Å²) in [5.41, 5.74) is -2.69. The van der Waals surface area contributed by atoms with Crippen molar-refractivity contribution in [2.75, 3.05) is 37.8 Å². The Morgan fingerprint density at radius 2 is 1.63 bits per heavy atom. The first-order valence-corrected chi connectivity index (χ1v) is 7.75. The molecule has 0 atom stereocenters. The number of aromatic nitrogens is 2. The lowest BCUT2D eigenvalue weighted by atomic mass is 10.1. The van der Waals surface area contributed by atoms with Gasteiger partial charge in [0.15, 0.2) is 5.69 Å². The number of nitrogens with one attached hydrogen (secondary N) is 2. The molecule has 2 rings (SSSR count). The van der Waals surface area contributed by atoms with Crippen LogP contribution >= 0.6 is 0 Å². The highest BCUT2D eigenvalue weighted by Crippen LogP contribution is 2.36. The molecule has 0 aliphatic heterocycles. The van der Waals surface area contributed by atoms with Crippen molar-refractivity contribution < 1.29 is 26.3 Å². The number of nitrogens with zero attached hydrogens (tertiary/aromatic N) is 3. The molecule has 0 spiro atoms. The molecule has 2 N–H and O–H groups in total. The molecule has 1 aromatic carbocycles. The zero-order valence-electron chi connectivity index (χ0n) is 14.4. The van der Waals surface area contributed by atoms with E-state index in [0.717, 1.165) is 12.1 Å².